The van der Waals surface area contributed by atoms with Crippen LogP contribution in [0.4, 0.5) is 13.2 Å². The summed E-state index contributed by atoms with van der Waals surface area (Å²) in [6.45, 7) is 2.44. The highest BCUT2D eigenvalue weighted by molar-refractivity contribution is 7.80. The number of imidazole rings is 1. The zero-order valence-electron chi connectivity index (χ0n) is 19.8. The van der Waals surface area contributed by atoms with Crippen LogP contribution in [0.3, 0.4) is 0 Å². The average Bonchev–Trinajstić information content (AvgIpc) is 3.30. The zero-order chi connectivity index (χ0) is 26.2. The van der Waals surface area contributed by atoms with E-state index < -0.39 is 11.7 Å². The Hall–Kier alpha value is -3.55. The summed E-state index contributed by atoms with van der Waals surface area (Å²) in [4.78, 5) is 9.88. The number of fused-ring (bicyclic) bond motifs is 3. The molecule has 0 aliphatic rings. The largest absolute Gasteiger partial charge is 0.416 e. The van der Waals surface area contributed by atoms with E-state index in [2.05, 4.69) is 9.98 Å². The van der Waals surface area contributed by atoms with Crippen LogP contribution in [0.1, 0.15) is 22.3 Å². The van der Waals surface area contributed by atoms with Gasteiger partial charge < -0.3 is 0 Å². The highest BCUT2D eigenvalue weighted by Gasteiger charge is 2.30. The molecule has 0 spiro atoms. The monoisotopic (exact) mass is 535 g/mol. The molecule has 0 aliphatic carbocycles. The lowest BCUT2D eigenvalue weighted by Crippen LogP contribution is -2.06. The maximum Gasteiger partial charge on any atom is 0.416 e. The van der Waals surface area contributed by atoms with Crippen LogP contribution >= 0.6 is 23.8 Å². The molecule has 8 heteroatoms. The first kappa shape index (κ1) is 25.1. The number of halogens is 4. The standard InChI is InChI=1S/C29H21ClF3N3S/c1-18-3-2-4-26(30)25(18)14-23(37)16-34-15-19-5-11-24-20(13-19)6-12-27-28(24)35-17-36(27)22-9-7-21(8-10-22)29(31,32)33/h2-13,15,17H,14,16H2,1H3. The molecule has 0 unspecified atom stereocenters. The van der Waals surface area contributed by atoms with Crippen molar-refractivity contribution in [1.29, 1.82) is 0 Å². The minimum absolute atomic E-state index is 0.425. The van der Waals surface area contributed by atoms with Crippen LogP contribution in [-0.4, -0.2) is 27.2 Å². The Bertz CT molecular complexity index is 1630. The number of aromatic nitrogens is 2. The molecule has 1 heterocycles. The highest BCUT2D eigenvalue weighted by atomic mass is 35.5. The van der Waals surface area contributed by atoms with Gasteiger partial charge in [-0.1, -0.05) is 54.2 Å². The number of thiocarbonyl (C=S) groups is 1. The number of aryl methyl sites for hydroxylation is 1. The summed E-state index contributed by atoms with van der Waals surface area (Å²) in [6.07, 6.45) is -0.332. The second-order valence-corrected chi connectivity index (χ2v) is 9.78. The van der Waals surface area contributed by atoms with Crippen molar-refractivity contribution in [3.8, 4) is 5.69 Å². The minimum atomic E-state index is -4.37. The number of alkyl halides is 3. The van der Waals surface area contributed by atoms with Gasteiger partial charge in [0.2, 0.25) is 0 Å². The third-order valence-corrected chi connectivity index (χ3v) is 6.89. The molecule has 5 aromatic rings. The van der Waals surface area contributed by atoms with Gasteiger partial charge in [0, 0.05) is 33.6 Å². The third-order valence-electron chi connectivity index (χ3n) is 6.26. The molecule has 0 saturated carbocycles. The zero-order valence-corrected chi connectivity index (χ0v) is 21.3. The number of aliphatic imine (C=N–C) groups is 1. The Labute approximate surface area is 222 Å². The fourth-order valence-electron chi connectivity index (χ4n) is 4.32. The first-order valence-corrected chi connectivity index (χ1v) is 12.3. The molecule has 0 bridgehead atoms. The van der Waals surface area contributed by atoms with Crippen molar-refractivity contribution in [2.75, 3.05) is 6.54 Å². The molecule has 186 valence electrons. The van der Waals surface area contributed by atoms with Crippen LogP contribution < -0.4 is 0 Å². The lowest BCUT2D eigenvalue weighted by molar-refractivity contribution is -0.137. The summed E-state index contributed by atoms with van der Waals surface area (Å²) in [5, 5.41) is 2.65. The van der Waals surface area contributed by atoms with E-state index in [1.807, 2.05) is 55.5 Å². The first-order chi connectivity index (χ1) is 17.7. The molecule has 0 amide bonds. The van der Waals surface area contributed by atoms with Crippen LogP contribution in [0, 0.1) is 6.92 Å². The summed E-state index contributed by atoms with van der Waals surface area (Å²) >= 11 is 11.8. The summed E-state index contributed by atoms with van der Waals surface area (Å²) in [5.74, 6) is 0. The Morgan fingerprint density at radius 1 is 1.05 bits per heavy atom. The number of hydrogen-bond acceptors (Lipinski definition) is 3. The fourth-order valence-corrected chi connectivity index (χ4v) is 4.83. The molecule has 5 rings (SSSR count). The van der Waals surface area contributed by atoms with Crippen LogP contribution in [0.15, 0.2) is 84.1 Å². The second-order valence-electron chi connectivity index (χ2n) is 8.79. The maximum atomic E-state index is 12.9. The lowest BCUT2D eigenvalue weighted by Gasteiger charge is -2.09. The van der Waals surface area contributed by atoms with E-state index in [1.54, 1.807) is 17.1 Å². The van der Waals surface area contributed by atoms with Crippen molar-refractivity contribution in [2.45, 2.75) is 19.5 Å². The topological polar surface area (TPSA) is 30.2 Å². The number of hydrogen-bond donors (Lipinski definition) is 0. The van der Waals surface area contributed by atoms with Gasteiger partial charge in [0.05, 0.1) is 23.1 Å². The molecule has 0 aliphatic heterocycles. The van der Waals surface area contributed by atoms with Gasteiger partial charge >= 0.3 is 6.18 Å². The van der Waals surface area contributed by atoms with E-state index in [4.69, 9.17) is 23.8 Å². The van der Waals surface area contributed by atoms with Gasteiger partial charge in [-0.05, 0) is 71.5 Å². The van der Waals surface area contributed by atoms with Crippen molar-refractivity contribution in [1.82, 2.24) is 9.55 Å². The predicted molar refractivity (Wildman–Crippen MR) is 149 cm³/mol. The van der Waals surface area contributed by atoms with Gasteiger partial charge in [-0.25, -0.2) is 4.98 Å². The van der Waals surface area contributed by atoms with Gasteiger partial charge in [-0.15, -0.1) is 0 Å². The molecule has 0 fully saturated rings. The maximum absolute atomic E-state index is 12.9. The molecule has 37 heavy (non-hydrogen) atoms. The van der Waals surface area contributed by atoms with E-state index in [-0.39, 0.29) is 0 Å². The van der Waals surface area contributed by atoms with Gasteiger partial charge in [0.15, 0.2) is 0 Å². The Balaban J connectivity index is 1.34. The van der Waals surface area contributed by atoms with Gasteiger partial charge in [-0.2, -0.15) is 13.2 Å². The smallest absolute Gasteiger partial charge is 0.299 e. The molecule has 0 atom stereocenters. The van der Waals surface area contributed by atoms with E-state index in [9.17, 15) is 13.2 Å². The molecule has 3 nitrogen and oxygen atoms in total. The first-order valence-electron chi connectivity index (χ1n) is 11.5. The highest BCUT2D eigenvalue weighted by Crippen LogP contribution is 2.31. The fraction of sp³-hybridized carbons (Fsp3) is 0.138. The van der Waals surface area contributed by atoms with Crippen molar-refractivity contribution in [2.24, 2.45) is 4.99 Å². The summed E-state index contributed by atoms with van der Waals surface area (Å²) in [5.41, 5.74) is 4.61. The van der Waals surface area contributed by atoms with E-state index >= 15 is 0 Å². The van der Waals surface area contributed by atoms with Gasteiger partial charge in [0.25, 0.3) is 0 Å². The Morgan fingerprint density at radius 3 is 2.57 bits per heavy atom. The number of rotatable bonds is 6. The van der Waals surface area contributed by atoms with Crippen LogP contribution in [0.5, 0.6) is 0 Å². The van der Waals surface area contributed by atoms with E-state index in [0.717, 1.165) is 55.5 Å². The lowest BCUT2D eigenvalue weighted by atomic mass is 10.0. The Kier molecular flexibility index (Phi) is 6.84. The molecule has 0 N–H and O–H groups in total. The molecular weight excluding hydrogens is 515 g/mol. The molecule has 4 aromatic carbocycles. The van der Waals surface area contributed by atoms with Gasteiger partial charge in [-0.3, -0.25) is 9.56 Å². The van der Waals surface area contributed by atoms with Crippen molar-refractivity contribution < 1.29 is 13.2 Å². The van der Waals surface area contributed by atoms with Crippen LogP contribution in [0.2, 0.25) is 5.02 Å². The molecular formula is C29H21ClF3N3S. The SMILES string of the molecule is Cc1cccc(Cl)c1CC(=S)CN=Cc1ccc2c(ccc3c2ncn3-c2ccc(C(F)(F)F)cc2)c1. The van der Waals surface area contributed by atoms with Crippen molar-refractivity contribution in [3.63, 3.8) is 0 Å². The van der Waals surface area contributed by atoms with E-state index in [0.29, 0.717) is 23.7 Å². The van der Waals surface area contributed by atoms with Crippen molar-refractivity contribution in [3.05, 3.63) is 106 Å². The van der Waals surface area contributed by atoms with Crippen molar-refractivity contribution >= 4 is 56.7 Å². The molecule has 1 aromatic heterocycles. The third kappa shape index (κ3) is 5.29. The number of nitrogens with zero attached hydrogens (tertiary/aromatic N) is 3. The Morgan fingerprint density at radius 2 is 1.84 bits per heavy atom. The summed E-state index contributed by atoms with van der Waals surface area (Å²) in [7, 11) is 0. The van der Waals surface area contributed by atoms with Gasteiger partial charge in [0.1, 0.15) is 6.33 Å². The van der Waals surface area contributed by atoms with Crippen LogP contribution in [0.25, 0.3) is 27.5 Å². The van der Waals surface area contributed by atoms with E-state index in [1.165, 1.54) is 12.1 Å². The molecule has 0 saturated heterocycles. The van der Waals surface area contributed by atoms with Crippen LogP contribution in [-0.2, 0) is 12.6 Å². The average molecular weight is 536 g/mol. The summed E-state index contributed by atoms with van der Waals surface area (Å²) < 4.78 is 40.5. The summed E-state index contributed by atoms with van der Waals surface area (Å²) in [6, 6.07) is 20.7. The predicted octanol–water partition coefficient (Wildman–Crippen LogP) is 8.19. The normalized spacial score (nSPS) is 12.1. The number of benzene rings is 4. The molecule has 0 radical (unpaired) electrons. The second kappa shape index (κ2) is 10.1. The minimum Gasteiger partial charge on any atom is -0.299 e. The quantitative estimate of drug-likeness (QED) is 0.162.